The smallest absolute Gasteiger partial charge is 0.341 e. The van der Waals surface area contributed by atoms with Gasteiger partial charge in [-0.15, -0.1) is 5.10 Å². The number of hydrogen-bond acceptors (Lipinski definition) is 7. The van der Waals surface area contributed by atoms with Crippen molar-refractivity contribution in [3.63, 3.8) is 0 Å². The number of aromatic carboxylic acids is 1. The zero-order valence-corrected chi connectivity index (χ0v) is 29.0. The molecule has 0 bridgehead atoms. The maximum absolute atomic E-state index is 13.4. The van der Waals surface area contributed by atoms with Crippen LogP contribution < -0.4 is 9.63 Å². The normalized spacial score (nSPS) is 12.8. The third-order valence-electron chi connectivity index (χ3n) is 8.01. The largest absolute Gasteiger partial charge is 0.478 e. The van der Waals surface area contributed by atoms with Crippen molar-refractivity contribution >= 4 is 47.4 Å². The van der Waals surface area contributed by atoms with Gasteiger partial charge in [0.25, 0.3) is 10.0 Å². The van der Waals surface area contributed by atoms with Crippen LogP contribution in [-0.2, 0) is 33.3 Å². The molecule has 0 spiro atoms. The molecule has 9 nitrogen and oxygen atoms in total. The van der Waals surface area contributed by atoms with Gasteiger partial charge in [-0.25, -0.2) is 13.2 Å². The van der Waals surface area contributed by atoms with Crippen LogP contribution in [0.15, 0.2) is 51.3 Å². The van der Waals surface area contributed by atoms with Crippen LogP contribution in [0.1, 0.15) is 113 Å². The lowest BCUT2D eigenvalue weighted by molar-refractivity contribution is 0.0696. The fourth-order valence-electron chi connectivity index (χ4n) is 5.30. The number of carboxylic acids is 1. The van der Waals surface area contributed by atoms with Crippen molar-refractivity contribution < 1.29 is 35.5 Å². The summed E-state index contributed by atoms with van der Waals surface area (Å²) in [6.45, 7) is 2.23. The maximum atomic E-state index is 13.4. The van der Waals surface area contributed by atoms with E-state index in [2.05, 4.69) is 16.9 Å². The van der Waals surface area contributed by atoms with E-state index in [0.717, 1.165) is 55.2 Å². The molecular weight excluding hydrogens is 657 g/mol. The van der Waals surface area contributed by atoms with E-state index < -0.39 is 36.5 Å². The van der Waals surface area contributed by atoms with Gasteiger partial charge in [0.2, 0.25) is 14.6 Å². The number of aromatic nitrogens is 1. The number of halogens is 2. The standard InChI is InChI=1S/C32H45F2N3O6S3/c1-3-4-5-6-7-8-9-10-11-12-13-14-15-16-17-24-18-19-25(30(38)39)22-29(24)46(42,43)36-35-32-37(2)27-23-26(20-21-28(27)44-32)45(40,41)31(33)34/h18-23,31,36H,3-17H2,1-2H3,(H,38,39)/b35-32+. The summed E-state index contributed by atoms with van der Waals surface area (Å²) in [6, 6.07) is 7.53. The number of unbranched alkanes of at least 4 members (excludes halogenated alkanes) is 13. The van der Waals surface area contributed by atoms with Gasteiger partial charge in [0.15, 0.2) is 0 Å². The van der Waals surface area contributed by atoms with Crippen LogP contribution in [0.5, 0.6) is 0 Å². The Kier molecular flexibility index (Phi) is 14.6. The molecule has 256 valence electrons. The van der Waals surface area contributed by atoms with Crippen molar-refractivity contribution in [3.05, 3.63) is 52.3 Å². The minimum absolute atomic E-state index is 0.132. The second-order valence-electron chi connectivity index (χ2n) is 11.6. The number of hydrogen-bond donors (Lipinski definition) is 2. The predicted molar refractivity (Wildman–Crippen MR) is 177 cm³/mol. The Balaban J connectivity index is 1.61. The molecular formula is C32H45F2N3O6S3. The zero-order chi connectivity index (χ0) is 33.7. The lowest BCUT2D eigenvalue weighted by Crippen LogP contribution is -2.25. The molecule has 3 aromatic rings. The van der Waals surface area contributed by atoms with E-state index in [4.69, 9.17) is 0 Å². The lowest BCUT2D eigenvalue weighted by atomic mass is 10.0. The van der Waals surface area contributed by atoms with Gasteiger partial charge in [0.05, 0.1) is 25.6 Å². The number of nitrogens with one attached hydrogen (secondary N) is 1. The summed E-state index contributed by atoms with van der Waals surface area (Å²) in [7, 11) is -7.61. The Morgan fingerprint density at radius 3 is 1.98 bits per heavy atom. The van der Waals surface area contributed by atoms with Crippen LogP contribution in [0.3, 0.4) is 0 Å². The molecule has 1 aromatic heterocycles. The van der Waals surface area contributed by atoms with Crippen LogP contribution in [0.2, 0.25) is 0 Å². The van der Waals surface area contributed by atoms with Gasteiger partial charge in [-0.3, -0.25) is 0 Å². The minimum Gasteiger partial charge on any atom is -0.478 e. The molecule has 0 aliphatic heterocycles. The first-order chi connectivity index (χ1) is 21.9. The number of aryl methyl sites for hydroxylation is 2. The Bertz CT molecular complexity index is 1740. The summed E-state index contributed by atoms with van der Waals surface area (Å²) < 4.78 is 78.5. The second kappa shape index (κ2) is 17.9. The molecule has 0 unspecified atom stereocenters. The summed E-state index contributed by atoms with van der Waals surface area (Å²) in [5.41, 5.74) is 0.579. The van der Waals surface area contributed by atoms with Gasteiger partial charge in [0.1, 0.15) is 0 Å². The van der Waals surface area contributed by atoms with Crippen molar-refractivity contribution in [1.29, 1.82) is 0 Å². The van der Waals surface area contributed by atoms with Crippen LogP contribution in [0, 0.1) is 0 Å². The molecule has 0 atom stereocenters. The van der Waals surface area contributed by atoms with Crippen LogP contribution in [0.25, 0.3) is 10.2 Å². The van der Waals surface area contributed by atoms with Crippen molar-refractivity contribution in [2.24, 2.45) is 12.1 Å². The summed E-state index contributed by atoms with van der Waals surface area (Å²) >= 11 is 1.02. The molecule has 1 heterocycles. The van der Waals surface area contributed by atoms with Crippen molar-refractivity contribution in [1.82, 2.24) is 9.40 Å². The van der Waals surface area contributed by atoms with Crippen molar-refractivity contribution in [2.45, 2.75) is 119 Å². The zero-order valence-electron chi connectivity index (χ0n) is 26.5. The highest BCUT2D eigenvalue weighted by Crippen LogP contribution is 2.25. The van der Waals surface area contributed by atoms with Gasteiger partial charge < -0.3 is 9.67 Å². The monoisotopic (exact) mass is 701 g/mol. The fourth-order valence-corrected chi connectivity index (χ4v) is 8.15. The summed E-state index contributed by atoms with van der Waals surface area (Å²) in [4.78, 5) is 13.2. The summed E-state index contributed by atoms with van der Waals surface area (Å²) in [5.74, 6) is -4.84. The molecule has 0 amide bonds. The van der Waals surface area contributed by atoms with Crippen LogP contribution >= 0.6 is 11.3 Å². The topological polar surface area (TPSA) is 135 Å². The number of alkyl halides is 2. The molecule has 0 saturated heterocycles. The third-order valence-corrected chi connectivity index (χ3v) is 11.8. The highest BCUT2D eigenvalue weighted by Gasteiger charge is 2.27. The number of nitrogens with zero attached hydrogens (tertiary/aromatic N) is 2. The number of benzene rings is 2. The van der Waals surface area contributed by atoms with Crippen LogP contribution in [-0.4, -0.2) is 38.2 Å². The average molecular weight is 702 g/mol. The molecule has 2 aromatic carbocycles. The number of fused-ring (bicyclic) bond motifs is 1. The SMILES string of the molecule is CCCCCCCCCCCCCCCCc1ccc(C(=O)O)cc1S(=O)(=O)N/N=c1/sc2ccc(S(=O)(=O)C(F)F)cc2n1C. The number of thiazole rings is 1. The second-order valence-corrected chi connectivity index (χ2v) is 16.1. The summed E-state index contributed by atoms with van der Waals surface area (Å²) in [6.07, 6.45) is 17.2. The quantitative estimate of drug-likeness (QED) is 0.0862. The number of carboxylic acid groups (broad SMARTS) is 1. The first-order valence-electron chi connectivity index (χ1n) is 15.9. The predicted octanol–water partition coefficient (Wildman–Crippen LogP) is 7.75. The Labute approximate surface area is 274 Å². The van der Waals surface area contributed by atoms with Crippen molar-refractivity contribution in [3.8, 4) is 0 Å². The van der Waals surface area contributed by atoms with Gasteiger partial charge >= 0.3 is 11.7 Å². The van der Waals surface area contributed by atoms with Gasteiger partial charge in [0, 0.05) is 7.05 Å². The molecule has 3 rings (SSSR count). The fraction of sp³-hybridized carbons (Fsp3) is 0.562. The molecule has 0 aliphatic rings. The molecule has 14 heteroatoms. The lowest BCUT2D eigenvalue weighted by Gasteiger charge is -2.11. The third kappa shape index (κ3) is 10.6. The maximum Gasteiger partial charge on any atom is 0.341 e. The highest BCUT2D eigenvalue weighted by atomic mass is 32.2. The minimum atomic E-state index is -4.82. The first-order valence-corrected chi connectivity index (χ1v) is 19.8. The van der Waals surface area contributed by atoms with E-state index in [-0.39, 0.29) is 20.8 Å². The van der Waals surface area contributed by atoms with E-state index in [1.54, 1.807) is 0 Å². The van der Waals surface area contributed by atoms with E-state index in [1.165, 1.54) is 94.0 Å². The van der Waals surface area contributed by atoms with E-state index in [0.29, 0.717) is 16.7 Å². The molecule has 0 saturated carbocycles. The Morgan fingerprint density at radius 2 is 1.43 bits per heavy atom. The molecule has 2 N–H and O–H groups in total. The average Bonchev–Trinajstić information content (AvgIpc) is 3.34. The van der Waals surface area contributed by atoms with E-state index in [1.807, 2.05) is 0 Å². The molecule has 0 radical (unpaired) electrons. The summed E-state index contributed by atoms with van der Waals surface area (Å²) in [5, 5.41) is 13.5. The van der Waals surface area contributed by atoms with Gasteiger partial charge in [-0.2, -0.15) is 22.0 Å². The Hall–Kier alpha value is -2.84. The first kappa shape index (κ1) is 37.6. The van der Waals surface area contributed by atoms with E-state index >= 15 is 0 Å². The molecule has 0 fully saturated rings. The highest BCUT2D eigenvalue weighted by molar-refractivity contribution is 7.91. The molecule has 0 aliphatic carbocycles. The van der Waals surface area contributed by atoms with Crippen molar-refractivity contribution in [2.75, 3.05) is 0 Å². The number of carbonyl (C=O) groups is 1. The Morgan fingerprint density at radius 1 is 0.870 bits per heavy atom. The van der Waals surface area contributed by atoms with E-state index in [9.17, 15) is 35.5 Å². The molecule has 46 heavy (non-hydrogen) atoms. The number of rotatable bonds is 21. The number of sulfone groups is 1. The van der Waals surface area contributed by atoms with Gasteiger partial charge in [-0.05, 0) is 48.7 Å². The van der Waals surface area contributed by atoms with Gasteiger partial charge in [-0.1, -0.05) is 108 Å². The number of sulfonamides is 1. The van der Waals surface area contributed by atoms with Crippen LogP contribution in [0.4, 0.5) is 8.78 Å².